The molecule has 1 aromatic heterocycles. The van der Waals surface area contributed by atoms with E-state index in [4.69, 9.17) is 5.73 Å². The van der Waals surface area contributed by atoms with Crippen LogP contribution in [0.25, 0.3) is 0 Å². The van der Waals surface area contributed by atoms with Gasteiger partial charge in [-0.05, 0) is 22.0 Å². The van der Waals surface area contributed by atoms with Gasteiger partial charge in [-0.3, -0.25) is 9.40 Å². The van der Waals surface area contributed by atoms with Crippen LogP contribution in [0.1, 0.15) is 0 Å². The maximum Gasteiger partial charge on any atom is 0.267 e. The Hall–Kier alpha value is -1.68. The molecular weight excluding hydrogens is 358 g/mol. The second-order valence-electron chi connectivity index (χ2n) is 3.90. The molecule has 2 rings (SSSR count). The highest BCUT2D eigenvalue weighted by molar-refractivity contribution is 9.10. The molecule has 1 heterocycles. The van der Waals surface area contributed by atoms with Crippen LogP contribution in [0.5, 0.6) is 0 Å². The second kappa shape index (κ2) is 5.02. The number of hydrogen-bond donors (Lipinski definition) is 2. The van der Waals surface area contributed by atoms with Gasteiger partial charge < -0.3 is 5.73 Å². The summed E-state index contributed by atoms with van der Waals surface area (Å²) in [5.41, 5.74) is 5.06. The summed E-state index contributed by atoms with van der Waals surface area (Å²) in [6.45, 7) is 0. The van der Waals surface area contributed by atoms with E-state index in [1.807, 2.05) is 4.72 Å². The van der Waals surface area contributed by atoms with Crippen molar-refractivity contribution in [1.29, 1.82) is 0 Å². The topological polar surface area (TPSA) is 90.0 Å². The number of hydrogen-bond acceptors (Lipinski definition) is 4. The molecule has 0 spiro atoms. The molecule has 6 nitrogen and oxygen atoms in total. The van der Waals surface area contributed by atoms with E-state index in [1.165, 1.54) is 17.9 Å². The molecule has 0 saturated heterocycles. The fourth-order valence-electron chi connectivity index (χ4n) is 1.49. The van der Waals surface area contributed by atoms with Crippen LogP contribution in [0, 0.1) is 11.6 Å². The lowest BCUT2D eigenvalue weighted by atomic mass is 10.3. The molecule has 20 heavy (non-hydrogen) atoms. The second-order valence-corrected chi connectivity index (χ2v) is 6.41. The Morgan fingerprint density at radius 2 is 2.00 bits per heavy atom. The van der Waals surface area contributed by atoms with E-state index in [0.29, 0.717) is 6.07 Å². The van der Waals surface area contributed by atoms with Crippen molar-refractivity contribution < 1.29 is 17.2 Å². The van der Waals surface area contributed by atoms with Gasteiger partial charge in [0.05, 0.1) is 10.2 Å². The Morgan fingerprint density at radius 3 is 2.55 bits per heavy atom. The Kier molecular flexibility index (Phi) is 3.69. The van der Waals surface area contributed by atoms with Crippen molar-refractivity contribution in [3.63, 3.8) is 0 Å². The third-order valence-electron chi connectivity index (χ3n) is 2.37. The van der Waals surface area contributed by atoms with Crippen molar-refractivity contribution >= 4 is 37.5 Å². The Labute approximate surface area is 121 Å². The van der Waals surface area contributed by atoms with Crippen molar-refractivity contribution in [2.45, 2.75) is 4.90 Å². The van der Waals surface area contributed by atoms with E-state index < -0.39 is 27.3 Å². The molecule has 3 N–H and O–H groups in total. The maximum atomic E-state index is 13.5. The summed E-state index contributed by atoms with van der Waals surface area (Å²) in [5, 5.41) is 3.69. The molecule has 0 unspecified atom stereocenters. The minimum Gasteiger partial charge on any atom is -0.381 e. The number of benzene rings is 1. The number of sulfonamides is 1. The Balaban J connectivity index is 2.43. The van der Waals surface area contributed by atoms with Crippen LogP contribution in [-0.4, -0.2) is 18.2 Å². The van der Waals surface area contributed by atoms with Gasteiger partial charge in [-0.25, -0.2) is 17.2 Å². The van der Waals surface area contributed by atoms with Gasteiger partial charge in [0.2, 0.25) is 0 Å². The van der Waals surface area contributed by atoms with Gasteiger partial charge in [-0.15, -0.1) is 0 Å². The summed E-state index contributed by atoms with van der Waals surface area (Å²) in [6, 6.07) is 1.54. The average molecular weight is 367 g/mol. The van der Waals surface area contributed by atoms with Crippen molar-refractivity contribution in [2.24, 2.45) is 7.05 Å². The molecule has 0 radical (unpaired) electrons. The monoisotopic (exact) mass is 366 g/mol. The van der Waals surface area contributed by atoms with Crippen LogP contribution < -0.4 is 10.5 Å². The molecule has 108 valence electrons. The summed E-state index contributed by atoms with van der Waals surface area (Å²) < 4.78 is 53.9. The van der Waals surface area contributed by atoms with Crippen molar-refractivity contribution in [1.82, 2.24) is 9.78 Å². The average Bonchev–Trinajstić information content (AvgIpc) is 2.66. The number of nitrogens with zero attached hydrogens (tertiary/aromatic N) is 2. The van der Waals surface area contributed by atoms with E-state index in [-0.39, 0.29) is 15.2 Å². The first-order chi connectivity index (χ1) is 9.20. The van der Waals surface area contributed by atoms with Gasteiger partial charge in [-0.1, -0.05) is 0 Å². The number of nitrogens with one attached hydrogen (secondary N) is 1. The van der Waals surface area contributed by atoms with Gasteiger partial charge in [0.25, 0.3) is 10.0 Å². The largest absolute Gasteiger partial charge is 0.381 e. The minimum atomic E-state index is -4.12. The quantitative estimate of drug-likeness (QED) is 0.811. The number of halogens is 3. The van der Waals surface area contributed by atoms with Crippen molar-refractivity contribution in [3.05, 3.63) is 34.4 Å². The van der Waals surface area contributed by atoms with Crippen LogP contribution in [0.2, 0.25) is 0 Å². The number of nitrogen functional groups attached to an aromatic ring is 1. The fourth-order valence-corrected chi connectivity index (χ4v) is 3.00. The molecule has 1 aromatic carbocycles. The Bertz CT molecular complexity index is 776. The van der Waals surface area contributed by atoms with E-state index in [9.17, 15) is 17.2 Å². The number of aromatic nitrogens is 2. The van der Waals surface area contributed by atoms with Gasteiger partial charge in [0, 0.05) is 19.3 Å². The smallest absolute Gasteiger partial charge is 0.267 e. The van der Waals surface area contributed by atoms with Crippen LogP contribution in [0.15, 0.2) is 27.7 Å². The molecule has 10 heteroatoms. The van der Waals surface area contributed by atoms with E-state index in [1.54, 1.807) is 0 Å². The molecule has 0 atom stereocenters. The molecule has 0 amide bonds. The molecular formula is C10H9BrF2N4O2S. The zero-order valence-electron chi connectivity index (χ0n) is 10.1. The summed E-state index contributed by atoms with van der Waals surface area (Å²) in [7, 11) is -2.63. The molecule has 0 saturated carbocycles. The van der Waals surface area contributed by atoms with Crippen LogP contribution in [0.4, 0.5) is 20.3 Å². The van der Waals surface area contributed by atoms with Gasteiger partial charge in [-0.2, -0.15) is 5.10 Å². The standard InChI is InChI=1S/C10H9BrF2N4O2S/c1-17-4-9(10(14)15-17)20(18,19)16-8-2-5(11)6(12)3-7(8)13/h2-4,16H,1H3,(H2,14,15). The highest BCUT2D eigenvalue weighted by Gasteiger charge is 2.22. The number of rotatable bonds is 3. The number of nitrogens with two attached hydrogens (primary N) is 1. The summed E-state index contributed by atoms with van der Waals surface area (Å²) in [4.78, 5) is -0.292. The minimum absolute atomic E-state index is 0.0734. The third-order valence-corrected chi connectivity index (χ3v) is 4.36. The van der Waals surface area contributed by atoms with E-state index >= 15 is 0 Å². The molecule has 0 fully saturated rings. The molecule has 2 aromatic rings. The van der Waals surface area contributed by atoms with Crippen LogP contribution >= 0.6 is 15.9 Å². The van der Waals surface area contributed by atoms with Crippen LogP contribution in [-0.2, 0) is 17.1 Å². The molecule has 0 aliphatic rings. The summed E-state index contributed by atoms with van der Waals surface area (Å²) >= 11 is 2.84. The van der Waals surface area contributed by atoms with Gasteiger partial charge >= 0.3 is 0 Å². The fraction of sp³-hybridized carbons (Fsp3) is 0.100. The normalized spacial score (nSPS) is 11.6. The van der Waals surface area contributed by atoms with Crippen molar-refractivity contribution in [3.8, 4) is 0 Å². The first kappa shape index (κ1) is 14.7. The maximum absolute atomic E-state index is 13.5. The SMILES string of the molecule is Cn1cc(S(=O)(=O)Nc2cc(Br)c(F)cc2F)c(N)n1. The third kappa shape index (κ3) is 2.75. The van der Waals surface area contributed by atoms with Crippen LogP contribution in [0.3, 0.4) is 0 Å². The zero-order valence-corrected chi connectivity index (χ0v) is 12.5. The Morgan fingerprint density at radius 1 is 1.35 bits per heavy atom. The predicted octanol–water partition coefficient (Wildman–Crippen LogP) is 1.84. The van der Waals surface area contributed by atoms with E-state index in [0.717, 1.165) is 6.07 Å². The van der Waals surface area contributed by atoms with Crippen molar-refractivity contribution in [2.75, 3.05) is 10.5 Å². The zero-order chi connectivity index (χ0) is 15.1. The molecule has 0 aliphatic heterocycles. The number of aryl methyl sites for hydroxylation is 1. The lowest BCUT2D eigenvalue weighted by Gasteiger charge is -2.08. The molecule has 0 aliphatic carbocycles. The summed E-state index contributed by atoms with van der Waals surface area (Å²) in [6.07, 6.45) is 1.17. The highest BCUT2D eigenvalue weighted by atomic mass is 79.9. The predicted molar refractivity (Wildman–Crippen MR) is 72.5 cm³/mol. The van der Waals surface area contributed by atoms with Gasteiger partial charge in [0.1, 0.15) is 16.5 Å². The lowest BCUT2D eigenvalue weighted by Crippen LogP contribution is -2.15. The van der Waals surface area contributed by atoms with Gasteiger partial charge in [0.15, 0.2) is 5.82 Å². The first-order valence-electron chi connectivity index (χ1n) is 5.17. The first-order valence-corrected chi connectivity index (χ1v) is 7.45. The highest BCUT2D eigenvalue weighted by Crippen LogP contribution is 2.26. The molecule has 0 bridgehead atoms. The summed E-state index contributed by atoms with van der Waals surface area (Å²) in [5.74, 6) is -2.11. The lowest BCUT2D eigenvalue weighted by molar-refractivity contribution is 0.579. The van der Waals surface area contributed by atoms with E-state index in [2.05, 4.69) is 21.0 Å². The number of anilines is 2.